The van der Waals surface area contributed by atoms with Crippen LogP contribution in [0.5, 0.6) is 0 Å². The van der Waals surface area contributed by atoms with Gasteiger partial charge in [0.2, 0.25) is 5.91 Å². The van der Waals surface area contributed by atoms with Crippen LogP contribution in [-0.2, 0) is 11.3 Å². The van der Waals surface area contributed by atoms with Crippen molar-refractivity contribution in [2.45, 2.75) is 25.4 Å². The van der Waals surface area contributed by atoms with Crippen molar-refractivity contribution in [1.29, 1.82) is 0 Å². The van der Waals surface area contributed by atoms with Crippen LogP contribution < -0.4 is 5.32 Å². The molecule has 1 aromatic rings. The second kappa shape index (κ2) is 5.12. The summed E-state index contributed by atoms with van der Waals surface area (Å²) in [4.78, 5) is 13.9. The number of nitrogens with zero attached hydrogens (tertiary/aromatic N) is 1. The van der Waals surface area contributed by atoms with Gasteiger partial charge in [-0.15, -0.1) is 0 Å². The fraction of sp³-hybridized carbons (Fsp3) is 0.462. The van der Waals surface area contributed by atoms with Crippen LogP contribution in [0.1, 0.15) is 18.4 Å². The molecular weight excluding hydrogens is 200 g/mol. The highest BCUT2D eigenvalue weighted by atomic mass is 16.2. The van der Waals surface area contributed by atoms with E-state index in [4.69, 9.17) is 0 Å². The molecule has 1 aromatic carbocycles. The second-order valence-electron chi connectivity index (χ2n) is 4.23. The topological polar surface area (TPSA) is 32.3 Å². The van der Waals surface area contributed by atoms with E-state index in [2.05, 4.69) is 22.3 Å². The van der Waals surface area contributed by atoms with Crippen molar-refractivity contribution < 1.29 is 4.79 Å². The predicted octanol–water partition coefficient (Wildman–Crippen LogP) is 1.40. The molecule has 0 aliphatic carbocycles. The summed E-state index contributed by atoms with van der Waals surface area (Å²) in [6.07, 6.45) is 2.09. The highest BCUT2D eigenvalue weighted by molar-refractivity contribution is 5.81. The summed E-state index contributed by atoms with van der Waals surface area (Å²) in [6, 6.07) is 10.4. The molecule has 1 unspecified atom stereocenters. The summed E-state index contributed by atoms with van der Waals surface area (Å²) < 4.78 is 0. The first kappa shape index (κ1) is 11.1. The summed E-state index contributed by atoms with van der Waals surface area (Å²) in [6.45, 7) is 1.89. The van der Waals surface area contributed by atoms with Crippen molar-refractivity contribution in [2.24, 2.45) is 0 Å². The van der Waals surface area contributed by atoms with Crippen LogP contribution in [0, 0.1) is 0 Å². The number of hydrogen-bond donors (Lipinski definition) is 1. The standard InChI is InChI=1S/C13H18N2O/c1-14-13(16)12-8-5-9-15(12)10-11-6-3-2-4-7-11/h2-4,6-7,12H,5,8-10H2,1H3,(H,14,16). The Morgan fingerprint density at radius 2 is 2.19 bits per heavy atom. The monoisotopic (exact) mass is 218 g/mol. The number of carbonyl (C=O) groups excluding carboxylic acids is 1. The zero-order valence-electron chi connectivity index (χ0n) is 9.65. The molecule has 1 aliphatic heterocycles. The molecule has 0 radical (unpaired) electrons. The lowest BCUT2D eigenvalue weighted by Gasteiger charge is -2.22. The summed E-state index contributed by atoms with van der Waals surface area (Å²) in [7, 11) is 1.71. The Hall–Kier alpha value is -1.35. The van der Waals surface area contributed by atoms with E-state index in [0.29, 0.717) is 0 Å². The van der Waals surface area contributed by atoms with E-state index in [1.54, 1.807) is 7.05 Å². The Morgan fingerprint density at radius 1 is 1.44 bits per heavy atom. The van der Waals surface area contributed by atoms with E-state index in [0.717, 1.165) is 25.9 Å². The van der Waals surface area contributed by atoms with Gasteiger partial charge in [0, 0.05) is 13.6 Å². The first-order valence-corrected chi connectivity index (χ1v) is 5.81. The van der Waals surface area contributed by atoms with Gasteiger partial charge in [-0.25, -0.2) is 0 Å². The lowest BCUT2D eigenvalue weighted by atomic mass is 10.1. The lowest BCUT2D eigenvalue weighted by Crippen LogP contribution is -2.41. The number of likely N-dealkylation sites (tertiary alicyclic amines) is 1. The molecule has 1 amide bonds. The molecule has 0 bridgehead atoms. The smallest absolute Gasteiger partial charge is 0.237 e. The van der Waals surface area contributed by atoms with Crippen molar-refractivity contribution >= 4 is 5.91 Å². The zero-order valence-corrected chi connectivity index (χ0v) is 9.65. The fourth-order valence-corrected chi connectivity index (χ4v) is 2.30. The van der Waals surface area contributed by atoms with Gasteiger partial charge in [0.25, 0.3) is 0 Å². The number of carbonyl (C=O) groups is 1. The van der Waals surface area contributed by atoms with E-state index in [9.17, 15) is 4.79 Å². The largest absolute Gasteiger partial charge is 0.358 e. The van der Waals surface area contributed by atoms with Gasteiger partial charge in [-0.05, 0) is 24.9 Å². The summed E-state index contributed by atoms with van der Waals surface area (Å²) >= 11 is 0. The molecule has 3 heteroatoms. The maximum Gasteiger partial charge on any atom is 0.237 e. The minimum absolute atomic E-state index is 0.0604. The Kier molecular flexibility index (Phi) is 3.57. The SMILES string of the molecule is CNC(=O)C1CCCN1Cc1ccccc1. The van der Waals surface area contributed by atoms with E-state index < -0.39 is 0 Å². The quantitative estimate of drug-likeness (QED) is 0.831. The van der Waals surface area contributed by atoms with Crippen LogP contribution in [0.15, 0.2) is 30.3 Å². The summed E-state index contributed by atoms with van der Waals surface area (Å²) in [5.41, 5.74) is 1.28. The molecule has 1 fully saturated rings. The van der Waals surface area contributed by atoms with Gasteiger partial charge in [0.05, 0.1) is 6.04 Å². The average Bonchev–Trinajstić information content (AvgIpc) is 2.77. The normalized spacial score (nSPS) is 20.9. The predicted molar refractivity (Wildman–Crippen MR) is 63.9 cm³/mol. The van der Waals surface area contributed by atoms with Gasteiger partial charge in [-0.2, -0.15) is 0 Å². The fourth-order valence-electron chi connectivity index (χ4n) is 2.30. The van der Waals surface area contributed by atoms with Crippen molar-refractivity contribution in [3.05, 3.63) is 35.9 Å². The number of rotatable bonds is 3. The zero-order chi connectivity index (χ0) is 11.4. The molecule has 0 aromatic heterocycles. The molecule has 16 heavy (non-hydrogen) atoms. The minimum atomic E-state index is 0.0604. The number of amides is 1. The molecule has 1 N–H and O–H groups in total. The van der Waals surface area contributed by atoms with Crippen LogP contribution >= 0.6 is 0 Å². The second-order valence-corrected chi connectivity index (χ2v) is 4.23. The summed E-state index contributed by atoms with van der Waals surface area (Å²) in [5.74, 6) is 0.147. The van der Waals surface area contributed by atoms with E-state index in [1.807, 2.05) is 18.2 Å². The average molecular weight is 218 g/mol. The molecule has 1 saturated heterocycles. The Morgan fingerprint density at radius 3 is 2.88 bits per heavy atom. The number of nitrogens with one attached hydrogen (secondary N) is 1. The third-order valence-corrected chi connectivity index (χ3v) is 3.14. The minimum Gasteiger partial charge on any atom is -0.358 e. The van der Waals surface area contributed by atoms with E-state index in [-0.39, 0.29) is 11.9 Å². The van der Waals surface area contributed by atoms with Crippen LogP contribution in [0.2, 0.25) is 0 Å². The van der Waals surface area contributed by atoms with Gasteiger partial charge in [-0.3, -0.25) is 9.69 Å². The van der Waals surface area contributed by atoms with Gasteiger partial charge in [0.15, 0.2) is 0 Å². The number of benzene rings is 1. The molecule has 2 rings (SSSR count). The van der Waals surface area contributed by atoms with Crippen molar-refractivity contribution in [2.75, 3.05) is 13.6 Å². The van der Waals surface area contributed by atoms with Gasteiger partial charge >= 0.3 is 0 Å². The highest BCUT2D eigenvalue weighted by Gasteiger charge is 2.29. The van der Waals surface area contributed by atoms with Crippen molar-refractivity contribution in [3.63, 3.8) is 0 Å². The molecular formula is C13H18N2O. The third-order valence-electron chi connectivity index (χ3n) is 3.14. The maximum absolute atomic E-state index is 11.7. The van der Waals surface area contributed by atoms with Gasteiger partial charge in [-0.1, -0.05) is 30.3 Å². The van der Waals surface area contributed by atoms with E-state index in [1.165, 1.54) is 5.56 Å². The molecule has 1 heterocycles. The number of hydrogen-bond acceptors (Lipinski definition) is 2. The Balaban J connectivity index is 2.01. The molecule has 0 spiro atoms. The molecule has 1 aliphatic rings. The number of likely N-dealkylation sites (N-methyl/N-ethyl adjacent to an activating group) is 1. The van der Waals surface area contributed by atoms with Crippen LogP contribution in [0.4, 0.5) is 0 Å². The molecule has 3 nitrogen and oxygen atoms in total. The molecule has 1 atom stereocenters. The van der Waals surface area contributed by atoms with Crippen molar-refractivity contribution in [3.8, 4) is 0 Å². The van der Waals surface area contributed by atoms with Crippen molar-refractivity contribution in [1.82, 2.24) is 10.2 Å². The highest BCUT2D eigenvalue weighted by Crippen LogP contribution is 2.19. The first-order valence-electron chi connectivity index (χ1n) is 5.81. The van der Waals surface area contributed by atoms with E-state index >= 15 is 0 Å². The molecule has 86 valence electrons. The van der Waals surface area contributed by atoms with Gasteiger partial charge < -0.3 is 5.32 Å². The Bertz CT molecular complexity index is 350. The van der Waals surface area contributed by atoms with Gasteiger partial charge in [0.1, 0.15) is 0 Å². The first-order chi connectivity index (χ1) is 7.81. The van der Waals surface area contributed by atoms with Crippen LogP contribution in [-0.4, -0.2) is 30.4 Å². The summed E-state index contributed by atoms with van der Waals surface area (Å²) in [5, 5.41) is 2.74. The molecule has 0 saturated carbocycles. The third kappa shape index (κ3) is 2.42. The lowest BCUT2D eigenvalue weighted by molar-refractivity contribution is -0.125. The maximum atomic E-state index is 11.7. The van der Waals surface area contributed by atoms with Crippen LogP contribution in [0.3, 0.4) is 0 Å². The Labute approximate surface area is 96.5 Å². The van der Waals surface area contributed by atoms with Crippen LogP contribution in [0.25, 0.3) is 0 Å².